The Morgan fingerprint density at radius 2 is 2.00 bits per heavy atom. The van der Waals surface area contributed by atoms with Crippen LogP contribution in [0.2, 0.25) is 6.55 Å². The summed E-state index contributed by atoms with van der Waals surface area (Å²) in [6.45, 7) is 3.96. The molecule has 0 aliphatic rings. The first-order valence-corrected chi connectivity index (χ1v) is 8.94. The second kappa shape index (κ2) is 5.82. The lowest BCUT2D eigenvalue weighted by atomic mass is 10.2. The Hall–Kier alpha value is 0.647. The topological polar surface area (TPSA) is 25.8 Å². The third-order valence-corrected chi connectivity index (χ3v) is 8.07. The molecule has 0 amide bonds. The van der Waals surface area contributed by atoms with Crippen LogP contribution < -0.4 is 5.19 Å². The summed E-state index contributed by atoms with van der Waals surface area (Å²) in [6, 6.07) is 0. The quantitative estimate of drug-likeness (QED) is 0.620. The van der Waals surface area contributed by atoms with Crippen molar-refractivity contribution >= 4 is 64.7 Å². The highest BCUT2D eigenvalue weighted by atomic mass is 79.9. The van der Waals surface area contributed by atoms with E-state index in [1.165, 1.54) is 0 Å². The molecule has 0 fully saturated rings. The molecular weight excluding hydrogens is 338 g/mol. The molecule has 0 aliphatic heterocycles. The van der Waals surface area contributed by atoms with Gasteiger partial charge in [0.2, 0.25) is 0 Å². The lowest BCUT2D eigenvalue weighted by Crippen LogP contribution is -2.38. The number of hydrogen-bond donors (Lipinski definition) is 0. The molecule has 1 aromatic rings. The summed E-state index contributed by atoms with van der Waals surface area (Å²) < 4.78 is 0.362. The van der Waals surface area contributed by atoms with Gasteiger partial charge in [-0.2, -0.15) is 5.10 Å². The average molecular weight is 349 g/mol. The molecular formula is C8H10BrCl3N2Si. The van der Waals surface area contributed by atoms with Crippen molar-refractivity contribution in [2.75, 3.05) is 0 Å². The fourth-order valence-electron chi connectivity index (χ4n) is 1.31. The zero-order valence-electron chi connectivity index (χ0n) is 8.27. The first-order chi connectivity index (χ1) is 6.99. The molecule has 0 saturated heterocycles. The molecule has 0 aromatic carbocycles. The van der Waals surface area contributed by atoms with E-state index in [0.29, 0.717) is 10.5 Å². The lowest BCUT2D eigenvalue weighted by Gasteiger charge is -2.16. The van der Waals surface area contributed by atoms with Gasteiger partial charge in [0.25, 0.3) is 0 Å². The van der Waals surface area contributed by atoms with Crippen LogP contribution in [0.15, 0.2) is 4.60 Å². The maximum atomic E-state index is 5.93. The van der Waals surface area contributed by atoms with Gasteiger partial charge < -0.3 is 0 Å². The van der Waals surface area contributed by atoms with Gasteiger partial charge in [-0.3, -0.25) is 0 Å². The Labute approximate surface area is 114 Å². The minimum Gasteiger partial charge on any atom is -0.155 e. The van der Waals surface area contributed by atoms with Crippen LogP contribution in [-0.4, -0.2) is 23.5 Å². The molecule has 1 heterocycles. The van der Waals surface area contributed by atoms with Crippen molar-refractivity contribution in [3.05, 3.63) is 15.9 Å². The maximum Gasteiger partial charge on any atom is 0.128 e. The number of aromatic nitrogens is 2. The van der Waals surface area contributed by atoms with E-state index in [1.54, 1.807) is 0 Å². The van der Waals surface area contributed by atoms with Crippen molar-refractivity contribution in [3.63, 3.8) is 0 Å². The van der Waals surface area contributed by atoms with Crippen molar-refractivity contribution in [3.8, 4) is 0 Å². The summed E-state index contributed by atoms with van der Waals surface area (Å²) in [6.07, 6.45) is 0. The monoisotopic (exact) mass is 346 g/mol. The van der Waals surface area contributed by atoms with Crippen LogP contribution in [0.3, 0.4) is 0 Å². The fourth-order valence-corrected chi connectivity index (χ4v) is 5.48. The molecule has 84 valence electrons. The number of rotatable bonds is 3. The van der Waals surface area contributed by atoms with E-state index in [2.05, 4.69) is 32.7 Å². The third kappa shape index (κ3) is 3.06. The molecule has 2 nitrogen and oxygen atoms in total. The molecule has 1 atom stereocenters. The Morgan fingerprint density at radius 3 is 2.47 bits per heavy atom. The fraction of sp³-hybridized carbons (Fsp3) is 0.500. The maximum absolute atomic E-state index is 5.93. The van der Waals surface area contributed by atoms with Crippen molar-refractivity contribution in [2.45, 2.75) is 23.8 Å². The Balaban J connectivity index is 3.30. The van der Waals surface area contributed by atoms with Crippen molar-refractivity contribution in [1.82, 2.24) is 10.2 Å². The van der Waals surface area contributed by atoms with Gasteiger partial charge in [-0.25, -0.2) is 0 Å². The molecule has 15 heavy (non-hydrogen) atoms. The molecule has 0 bridgehead atoms. The standard InChI is InChI=1S/C8H10BrCl3N2Si/c1-4-5(3-10)6(7(9)14-13-4)15(2)8(11)12/h8,15H,3H2,1-2H3. The largest absolute Gasteiger partial charge is 0.155 e. The molecule has 0 aliphatic carbocycles. The smallest absolute Gasteiger partial charge is 0.128 e. The van der Waals surface area contributed by atoms with Crippen molar-refractivity contribution < 1.29 is 0 Å². The van der Waals surface area contributed by atoms with E-state index >= 15 is 0 Å². The lowest BCUT2D eigenvalue weighted by molar-refractivity contribution is 0.947. The van der Waals surface area contributed by atoms with Gasteiger partial charge >= 0.3 is 0 Å². The van der Waals surface area contributed by atoms with Crippen LogP contribution >= 0.6 is 50.7 Å². The van der Waals surface area contributed by atoms with E-state index in [1.807, 2.05) is 6.92 Å². The normalized spacial score (nSPS) is 13.3. The summed E-state index contributed by atoms with van der Waals surface area (Å²) in [5.74, 6) is 0.410. The summed E-state index contributed by atoms with van der Waals surface area (Å²) in [4.78, 5) is 0. The number of halogens is 4. The minimum atomic E-state index is -1.46. The second-order valence-corrected chi connectivity index (χ2v) is 9.07. The molecule has 1 rings (SSSR count). The van der Waals surface area contributed by atoms with E-state index in [-0.39, 0.29) is 4.46 Å². The van der Waals surface area contributed by atoms with E-state index in [0.717, 1.165) is 16.4 Å². The van der Waals surface area contributed by atoms with E-state index in [4.69, 9.17) is 34.8 Å². The molecule has 1 unspecified atom stereocenters. The highest BCUT2D eigenvalue weighted by Gasteiger charge is 2.23. The highest BCUT2D eigenvalue weighted by molar-refractivity contribution is 9.10. The van der Waals surface area contributed by atoms with Crippen LogP contribution in [0, 0.1) is 6.92 Å². The Bertz CT molecular complexity index is 362. The molecule has 0 saturated carbocycles. The van der Waals surface area contributed by atoms with Gasteiger partial charge in [0.05, 0.1) is 10.2 Å². The Morgan fingerprint density at radius 1 is 1.40 bits per heavy atom. The number of alkyl halides is 3. The van der Waals surface area contributed by atoms with Gasteiger partial charge in [-0.15, -0.1) is 39.9 Å². The van der Waals surface area contributed by atoms with Gasteiger partial charge in [-0.05, 0) is 33.6 Å². The third-order valence-electron chi connectivity index (χ3n) is 2.24. The Kier molecular flexibility index (Phi) is 5.32. The molecule has 7 heteroatoms. The summed E-state index contributed by atoms with van der Waals surface area (Å²) in [5.41, 5.74) is 1.85. The molecule has 0 N–H and O–H groups in total. The summed E-state index contributed by atoms with van der Waals surface area (Å²) in [7, 11) is -1.46. The summed E-state index contributed by atoms with van der Waals surface area (Å²) >= 11 is 21.1. The molecule has 0 radical (unpaired) electrons. The van der Waals surface area contributed by atoms with Gasteiger partial charge in [0.1, 0.15) is 13.4 Å². The first kappa shape index (κ1) is 13.7. The SMILES string of the molecule is Cc1nnc(Br)c([SiH](C)C(Cl)Cl)c1CCl. The van der Waals surface area contributed by atoms with Gasteiger partial charge in [-0.1, -0.05) is 6.55 Å². The number of nitrogens with zero attached hydrogens (tertiary/aromatic N) is 2. The second-order valence-electron chi connectivity index (χ2n) is 3.23. The van der Waals surface area contributed by atoms with Gasteiger partial charge in [0, 0.05) is 5.88 Å². The van der Waals surface area contributed by atoms with Crippen molar-refractivity contribution in [1.29, 1.82) is 0 Å². The number of hydrogen-bond acceptors (Lipinski definition) is 2. The van der Waals surface area contributed by atoms with Crippen LogP contribution in [-0.2, 0) is 5.88 Å². The first-order valence-electron chi connectivity index (χ1n) is 4.34. The summed E-state index contributed by atoms with van der Waals surface area (Å²) in [5, 5.41) is 9.10. The van der Waals surface area contributed by atoms with E-state index in [9.17, 15) is 0 Å². The highest BCUT2D eigenvalue weighted by Crippen LogP contribution is 2.16. The van der Waals surface area contributed by atoms with Crippen LogP contribution in [0.25, 0.3) is 0 Å². The van der Waals surface area contributed by atoms with Crippen LogP contribution in [0.1, 0.15) is 11.3 Å². The minimum absolute atomic E-state index is 0.355. The van der Waals surface area contributed by atoms with Crippen molar-refractivity contribution in [2.24, 2.45) is 0 Å². The average Bonchev–Trinajstić information content (AvgIpc) is 2.19. The molecule has 1 aromatic heterocycles. The molecule has 0 spiro atoms. The van der Waals surface area contributed by atoms with Gasteiger partial charge in [0.15, 0.2) is 0 Å². The zero-order valence-corrected chi connectivity index (χ0v) is 13.3. The van der Waals surface area contributed by atoms with E-state index < -0.39 is 8.80 Å². The van der Waals surface area contributed by atoms with Crippen LogP contribution in [0.4, 0.5) is 0 Å². The van der Waals surface area contributed by atoms with Crippen LogP contribution in [0.5, 0.6) is 0 Å². The number of aryl methyl sites for hydroxylation is 1. The zero-order chi connectivity index (χ0) is 11.6. The predicted molar refractivity (Wildman–Crippen MR) is 72.2 cm³/mol. The predicted octanol–water partition coefficient (Wildman–Crippen LogP) is 2.69.